The van der Waals surface area contributed by atoms with Crippen LogP contribution in [0, 0.1) is 10.8 Å². The van der Waals surface area contributed by atoms with Gasteiger partial charge in [0.25, 0.3) is 0 Å². The summed E-state index contributed by atoms with van der Waals surface area (Å²) in [6.45, 7) is 0. The van der Waals surface area contributed by atoms with E-state index in [0.717, 1.165) is 82.3 Å². The smallest absolute Gasteiger partial charge is 0.106 e. The van der Waals surface area contributed by atoms with Crippen molar-refractivity contribution in [1.82, 2.24) is 9.13 Å². The van der Waals surface area contributed by atoms with Crippen LogP contribution < -0.4 is 10.4 Å². The third-order valence-corrected chi connectivity index (χ3v) is 12.6. The molecule has 54 heavy (non-hydrogen) atoms. The van der Waals surface area contributed by atoms with E-state index in [2.05, 4.69) is 143 Å². The van der Waals surface area contributed by atoms with Crippen LogP contribution in [0.25, 0.3) is 77.3 Å². The van der Waals surface area contributed by atoms with Gasteiger partial charge in [-0.3, -0.25) is 10.8 Å². The minimum atomic E-state index is 0.247. The van der Waals surface area contributed by atoms with Crippen molar-refractivity contribution in [2.45, 2.75) is 38.5 Å². The molecule has 4 heteroatoms. The molecule has 0 amide bonds. The van der Waals surface area contributed by atoms with Gasteiger partial charge in [-0.1, -0.05) is 133 Å². The number of benzene rings is 6. The van der Waals surface area contributed by atoms with Gasteiger partial charge in [-0.05, 0) is 71.6 Å². The highest BCUT2D eigenvalue weighted by Crippen LogP contribution is 2.46. The third kappa shape index (κ3) is 3.87. The number of aryl methyl sites for hydroxylation is 2. The quantitative estimate of drug-likeness (QED) is 0.181. The lowest BCUT2D eigenvalue weighted by molar-refractivity contribution is 0.883. The summed E-state index contributed by atoms with van der Waals surface area (Å²) in [5.41, 5.74) is 13.4. The molecule has 0 unspecified atom stereocenters. The number of nitrogens with one attached hydrogen (secondary N) is 2. The molecule has 8 aromatic rings. The van der Waals surface area contributed by atoms with Crippen molar-refractivity contribution >= 4 is 88.7 Å². The Hall–Kier alpha value is -6.52. The monoisotopic (exact) mass is 692 g/mol. The van der Waals surface area contributed by atoms with E-state index in [9.17, 15) is 10.8 Å². The first-order valence-corrected chi connectivity index (χ1v) is 19.3. The lowest BCUT2D eigenvalue weighted by atomic mass is 9.84. The molecule has 12 rings (SSSR count). The second kappa shape index (κ2) is 11.0. The average molecular weight is 693 g/mol. The molecule has 0 saturated carbocycles. The molecule has 0 atom stereocenters. The Kier molecular flexibility index (Phi) is 6.11. The van der Waals surface area contributed by atoms with Crippen LogP contribution in [0.4, 0.5) is 0 Å². The van der Waals surface area contributed by atoms with E-state index >= 15 is 0 Å². The molecule has 0 bridgehead atoms. The van der Waals surface area contributed by atoms with Gasteiger partial charge in [0, 0.05) is 42.9 Å². The van der Waals surface area contributed by atoms with Crippen LogP contribution >= 0.6 is 0 Å². The van der Waals surface area contributed by atoms with E-state index in [1.807, 2.05) is 0 Å². The Morgan fingerprint density at radius 2 is 1.06 bits per heavy atom. The van der Waals surface area contributed by atoms with Crippen molar-refractivity contribution < 1.29 is 0 Å². The highest BCUT2D eigenvalue weighted by atomic mass is 15.1. The zero-order valence-corrected chi connectivity index (χ0v) is 29.8. The summed E-state index contributed by atoms with van der Waals surface area (Å²) < 4.78 is 4.78. The van der Waals surface area contributed by atoms with E-state index in [1.165, 1.54) is 65.8 Å². The minimum Gasteiger partial charge on any atom is -0.306 e. The molecule has 2 N–H and O–H groups in total. The molecule has 0 fully saturated rings. The number of allylic oxidation sites excluding steroid dienone is 5. The predicted octanol–water partition coefficient (Wildman–Crippen LogP) is 10.4. The molecular formula is C50H36N4. The van der Waals surface area contributed by atoms with Crippen LogP contribution in [-0.2, 0) is 12.8 Å². The number of hydrogen-bond acceptors (Lipinski definition) is 2. The summed E-state index contributed by atoms with van der Waals surface area (Å²) in [6.07, 6.45) is 15.2. The van der Waals surface area contributed by atoms with E-state index in [4.69, 9.17) is 0 Å². The van der Waals surface area contributed by atoms with Gasteiger partial charge >= 0.3 is 0 Å². The van der Waals surface area contributed by atoms with Crippen molar-refractivity contribution in [3.63, 3.8) is 0 Å². The standard InChI is InChI=1S/C50H36N4/c51-43-44(52)50(54-47-35-17-7-3-13-31(35)23-27-41(47)42-28-24-32-14-4-8-18-36(32)48(42)54)38-20-10-9-19-37(38)49(43)53-45-33-15-5-1-11-29(33)21-25-39(45)40-26-22-30-12-2-6-16-34(30)46(40)53/h1-3,5,7-13,15,17-21,23-25,27-28,51-52H,4,6,14,16,22,26H2. The van der Waals surface area contributed by atoms with Crippen LogP contribution in [0.3, 0.4) is 0 Å². The van der Waals surface area contributed by atoms with Crippen LogP contribution in [-0.4, -0.2) is 20.6 Å². The summed E-state index contributed by atoms with van der Waals surface area (Å²) in [7, 11) is 0. The van der Waals surface area contributed by atoms with Crippen molar-refractivity contribution in [2.24, 2.45) is 0 Å². The predicted molar refractivity (Wildman–Crippen MR) is 226 cm³/mol. The molecule has 0 aliphatic heterocycles. The number of fused-ring (bicyclic) bond motifs is 14. The first-order valence-electron chi connectivity index (χ1n) is 19.3. The molecule has 4 nitrogen and oxygen atoms in total. The fraction of sp³-hybridized carbons (Fsp3) is 0.120. The van der Waals surface area contributed by atoms with Crippen LogP contribution in [0.5, 0.6) is 0 Å². The van der Waals surface area contributed by atoms with Crippen molar-refractivity contribution in [3.05, 3.63) is 166 Å². The molecule has 6 aromatic carbocycles. The lowest BCUT2D eigenvalue weighted by Gasteiger charge is -2.28. The number of rotatable bonds is 2. The molecule has 0 saturated heterocycles. The second-order valence-electron chi connectivity index (χ2n) is 15.3. The van der Waals surface area contributed by atoms with Gasteiger partial charge in [-0.15, -0.1) is 0 Å². The Labute approximate surface area is 312 Å². The fourth-order valence-corrected chi connectivity index (χ4v) is 10.3. The van der Waals surface area contributed by atoms with Gasteiger partial charge in [0.1, 0.15) is 11.4 Å². The number of nitrogens with zero attached hydrogens (tertiary/aromatic N) is 2. The molecule has 256 valence electrons. The third-order valence-electron chi connectivity index (χ3n) is 12.6. The largest absolute Gasteiger partial charge is 0.306 e. The summed E-state index contributed by atoms with van der Waals surface area (Å²) in [5, 5.41) is 30.7. The average Bonchev–Trinajstić information content (AvgIpc) is 3.75. The normalized spacial score (nSPS) is 16.6. The van der Waals surface area contributed by atoms with Gasteiger partial charge in [-0.2, -0.15) is 0 Å². The summed E-state index contributed by atoms with van der Waals surface area (Å²) in [6, 6.07) is 39.5. The van der Waals surface area contributed by atoms with Gasteiger partial charge in [0.2, 0.25) is 0 Å². The molecule has 0 radical (unpaired) electrons. The molecule has 0 spiro atoms. The van der Waals surface area contributed by atoms with Crippen molar-refractivity contribution in [3.8, 4) is 0 Å². The molecule has 4 aliphatic carbocycles. The highest BCUT2D eigenvalue weighted by Gasteiger charge is 2.34. The van der Waals surface area contributed by atoms with Gasteiger partial charge in [-0.25, -0.2) is 0 Å². The molecule has 2 heterocycles. The maximum Gasteiger partial charge on any atom is 0.106 e. The first kappa shape index (κ1) is 30.0. The summed E-state index contributed by atoms with van der Waals surface area (Å²) in [4.78, 5) is 0. The van der Waals surface area contributed by atoms with E-state index in [1.54, 1.807) is 0 Å². The van der Waals surface area contributed by atoms with Crippen LogP contribution in [0.1, 0.15) is 48.1 Å². The van der Waals surface area contributed by atoms with Crippen molar-refractivity contribution in [2.75, 3.05) is 0 Å². The summed E-state index contributed by atoms with van der Waals surface area (Å²) in [5.74, 6) is 0. The Morgan fingerprint density at radius 3 is 1.81 bits per heavy atom. The summed E-state index contributed by atoms with van der Waals surface area (Å²) >= 11 is 0. The van der Waals surface area contributed by atoms with E-state index in [0.29, 0.717) is 0 Å². The van der Waals surface area contributed by atoms with Crippen LogP contribution in [0.15, 0.2) is 133 Å². The SMILES string of the molecule is N=C1C(=N)C(n2c3c4c(ccc3c3ccc5ccccc5c32)CCC=C4)=c2ccccc2=C1n1c2c(c3ccc4ccccc4c31)CCC1=C2CCC=C1. The topological polar surface area (TPSA) is 57.6 Å². The zero-order valence-electron chi connectivity index (χ0n) is 29.8. The van der Waals surface area contributed by atoms with Crippen LogP contribution in [0.2, 0.25) is 0 Å². The highest BCUT2D eigenvalue weighted by molar-refractivity contribution is 6.65. The second-order valence-corrected chi connectivity index (χ2v) is 15.3. The van der Waals surface area contributed by atoms with E-state index < -0.39 is 0 Å². The maximum absolute atomic E-state index is 10.2. The fourth-order valence-electron chi connectivity index (χ4n) is 10.3. The molecule has 4 aliphatic rings. The van der Waals surface area contributed by atoms with Gasteiger partial charge in [0.15, 0.2) is 0 Å². The Balaban J connectivity index is 1.31. The Bertz CT molecular complexity index is 3300. The lowest BCUT2D eigenvalue weighted by Crippen LogP contribution is -2.44. The zero-order chi connectivity index (χ0) is 35.7. The molecule has 2 aromatic heterocycles. The van der Waals surface area contributed by atoms with Crippen molar-refractivity contribution in [1.29, 1.82) is 10.8 Å². The van der Waals surface area contributed by atoms with Gasteiger partial charge < -0.3 is 9.13 Å². The molecular weight excluding hydrogens is 657 g/mol. The Morgan fingerprint density at radius 1 is 0.463 bits per heavy atom. The maximum atomic E-state index is 10.2. The van der Waals surface area contributed by atoms with Gasteiger partial charge in [0.05, 0.1) is 33.6 Å². The number of aromatic nitrogens is 2. The van der Waals surface area contributed by atoms with E-state index in [-0.39, 0.29) is 11.4 Å². The minimum absolute atomic E-state index is 0.247. The first-order chi connectivity index (χ1) is 26.7. The number of hydrogen-bond donors (Lipinski definition) is 2.